The average molecular weight is 356 g/mol. The van der Waals surface area contributed by atoms with Crippen molar-refractivity contribution >= 4 is 11.9 Å². The van der Waals surface area contributed by atoms with Crippen molar-refractivity contribution in [2.45, 2.75) is 25.1 Å². The summed E-state index contributed by atoms with van der Waals surface area (Å²) in [5.41, 5.74) is 0. The van der Waals surface area contributed by atoms with Crippen molar-refractivity contribution in [3.63, 3.8) is 0 Å². The summed E-state index contributed by atoms with van der Waals surface area (Å²) in [5.74, 6) is -1.52. The van der Waals surface area contributed by atoms with E-state index in [1.807, 2.05) is 0 Å². The smallest absolute Gasteiger partial charge is 0.475 e. The minimum absolute atomic E-state index is 0.0752. The number of ether oxygens (including phenoxy) is 2. The quantitative estimate of drug-likeness (QED) is 0.617. The number of carbonyl (C=O) groups excluding carboxylic acids is 1. The number of rotatable bonds is 5. The molecule has 0 radical (unpaired) electrons. The first-order valence-electron chi connectivity index (χ1n) is 7.63. The number of fused-ring (bicyclic) bond motifs is 1. The zero-order valence-electron chi connectivity index (χ0n) is 13.4. The highest BCUT2D eigenvalue weighted by molar-refractivity contribution is 5.76. The minimum Gasteiger partial charge on any atom is -0.475 e. The number of hydrogen-bond donors (Lipinski definition) is 3. The first-order valence-corrected chi connectivity index (χ1v) is 7.63. The zero-order chi connectivity index (χ0) is 18.2. The molecule has 0 unspecified atom stereocenters. The van der Waals surface area contributed by atoms with Gasteiger partial charge in [0.05, 0.1) is 25.7 Å². The van der Waals surface area contributed by atoms with E-state index < -0.39 is 12.1 Å². The lowest BCUT2D eigenvalue weighted by Gasteiger charge is -2.27. The number of nitrogens with one attached hydrogen (secondary N) is 2. The number of alkyl halides is 3. The number of amides is 1. The van der Waals surface area contributed by atoms with Crippen LogP contribution in [-0.4, -0.2) is 69.2 Å². The van der Waals surface area contributed by atoms with E-state index in [-0.39, 0.29) is 12.0 Å². The lowest BCUT2D eigenvalue weighted by atomic mass is 9.84. The van der Waals surface area contributed by atoms with E-state index in [9.17, 15) is 18.0 Å². The summed E-state index contributed by atoms with van der Waals surface area (Å²) in [4.78, 5) is 20.6. The second kappa shape index (κ2) is 9.80. The lowest BCUT2D eigenvalue weighted by molar-refractivity contribution is -0.192. The predicted molar refractivity (Wildman–Crippen MR) is 77.4 cm³/mol. The Labute approximate surface area is 137 Å². The number of methoxy groups -OCH3 is 1. The van der Waals surface area contributed by atoms with Crippen molar-refractivity contribution in [2.24, 2.45) is 11.8 Å². The van der Waals surface area contributed by atoms with Crippen LogP contribution in [0.25, 0.3) is 0 Å². The molecule has 2 aliphatic heterocycles. The summed E-state index contributed by atoms with van der Waals surface area (Å²) in [6.07, 6.45) is -3.35. The number of carboxylic acids is 1. The van der Waals surface area contributed by atoms with Gasteiger partial charge in [0.1, 0.15) is 0 Å². The third kappa shape index (κ3) is 7.02. The Morgan fingerprint density at radius 2 is 2.08 bits per heavy atom. The molecule has 1 amide bonds. The Hall–Kier alpha value is -1.39. The molecule has 2 heterocycles. The van der Waals surface area contributed by atoms with Gasteiger partial charge in [-0.05, 0) is 18.9 Å². The van der Waals surface area contributed by atoms with Crippen LogP contribution in [0.3, 0.4) is 0 Å². The van der Waals surface area contributed by atoms with Gasteiger partial charge in [-0.3, -0.25) is 4.79 Å². The van der Waals surface area contributed by atoms with Crippen molar-refractivity contribution in [1.29, 1.82) is 0 Å². The van der Waals surface area contributed by atoms with Crippen molar-refractivity contribution < 1.29 is 37.3 Å². The van der Waals surface area contributed by atoms with E-state index in [4.69, 9.17) is 19.4 Å². The molecule has 2 rings (SSSR count). The molecule has 0 aromatic heterocycles. The maximum absolute atomic E-state index is 11.7. The highest BCUT2D eigenvalue weighted by atomic mass is 19.4. The number of aliphatic carboxylic acids is 1. The van der Waals surface area contributed by atoms with Crippen molar-refractivity contribution in [3.8, 4) is 0 Å². The topological polar surface area (TPSA) is 96.9 Å². The maximum atomic E-state index is 11.7. The number of halogens is 3. The molecule has 0 bridgehead atoms. The molecule has 2 aliphatic rings. The fourth-order valence-electron chi connectivity index (χ4n) is 2.74. The van der Waals surface area contributed by atoms with Gasteiger partial charge >= 0.3 is 12.1 Å². The van der Waals surface area contributed by atoms with Gasteiger partial charge in [0.2, 0.25) is 5.91 Å². The molecule has 0 spiro atoms. The van der Waals surface area contributed by atoms with Gasteiger partial charge in [-0.1, -0.05) is 0 Å². The molecule has 3 N–H and O–H groups in total. The Morgan fingerprint density at radius 1 is 1.42 bits per heavy atom. The van der Waals surface area contributed by atoms with Gasteiger partial charge in [0.15, 0.2) is 0 Å². The standard InChI is InChI=1S/C12H22N2O3.C2HF3O2/c1-16-5-4-14-12(15)6-11-10-2-3-13-7-9(10)8-17-11;3-2(4,5)1(6)7/h9-11,13H,2-8H2,1H3,(H,14,15);(H,6,7)/t9-,10-,11-;/m1./s1. The summed E-state index contributed by atoms with van der Waals surface area (Å²) in [6, 6.07) is 0. The van der Waals surface area contributed by atoms with Crippen molar-refractivity contribution in [1.82, 2.24) is 10.6 Å². The van der Waals surface area contributed by atoms with Gasteiger partial charge in [0, 0.05) is 26.1 Å². The van der Waals surface area contributed by atoms with Crippen LogP contribution in [0.15, 0.2) is 0 Å². The molecule has 24 heavy (non-hydrogen) atoms. The number of piperidine rings is 1. The molecule has 0 aromatic rings. The van der Waals surface area contributed by atoms with Crippen molar-refractivity contribution in [3.05, 3.63) is 0 Å². The van der Waals surface area contributed by atoms with Crippen LogP contribution in [0.1, 0.15) is 12.8 Å². The van der Waals surface area contributed by atoms with Crippen LogP contribution in [0, 0.1) is 11.8 Å². The van der Waals surface area contributed by atoms with Crippen molar-refractivity contribution in [2.75, 3.05) is 40.0 Å². The van der Waals surface area contributed by atoms with Gasteiger partial charge in [-0.15, -0.1) is 0 Å². The summed E-state index contributed by atoms with van der Waals surface area (Å²) in [6.45, 7) is 4.03. The summed E-state index contributed by atoms with van der Waals surface area (Å²) < 4.78 is 42.4. The van der Waals surface area contributed by atoms with Gasteiger partial charge in [0.25, 0.3) is 0 Å². The second-order valence-corrected chi connectivity index (χ2v) is 5.64. The largest absolute Gasteiger partial charge is 0.490 e. The average Bonchev–Trinajstić information content (AvgIpc) is 2.90. The van der Waals surface area contributed by atoms with Gasteiger partial charge in [-0.2, -0.15) is 13.2 Å². The van der Waals surface area contributed by atoms with Gasteiger partial charge in [-0.25, -0.2) is 4.79 Å². The van der Waals surface area contributed by atoms with E-state index >= 15 is 0 Å². The van der Waals surface area contributed by atoms with Gasteiger partial charge < -0.3 is 25.2 Å². The third-order valence-corrected chi connectivity index (χ3v) is 3.93. The summed E-state index contributed by atoms with van der Waals surface area (Å²) in [5, 5.41) is 13.3. The first kappa shape index (κ1) is 20.7. The molecular formula is C14H23F3N2O5. The predicted octanol–water partition coefficient (Wildman–Crippen LogP) is 0.397. The zero-order valence-corrected chi connectivity index (χ0v) is 13.4. The lowest BCUT2D eigenvalue weighted by Crippen LogP contribution is -2.39. The van der Waals surface area contributed by atoms with Crippen LogP contribution in [-0.2, 0) is 19.1 Å². The number of hydrogen-bond acceptors (Lipinski definition) is 5. The van der Waals surface area contributed by atoms with Crippen LogP contribution in [0.5, 0.6) is 0 Å². The highest BCUT2D eigenvalue weighted by Gasteiger charge is 2.39. The van der Waals surface area contributed by atoms with Crippen LogP contribution >= 0.6 is 0 Å². The summed E-state index contributed by atoms with van der Waals surface area (Å²) >= 11 is 0. The monoisotopic (exact) mass is 356 g/mol. The molecule has 7 nitrogen and oxygen atoms in total. The Morgan fingerprint density at radius 3 is 2.67 bits per heavy atom. The fraction of sp³-hybridized carbons (Fsp3) is 0.857. The van der Waals surface area contributed by atoms with E-state index in [0.29, 0.717) is 31.4 Å². The Bertz CT molecular complexity index is 420. The van der Waals surface area contributed by atoms with E-state index in [1.54, 1.807) is 7.11 Å². The fourth-order valence-corrected chi connectivity index (χ4v) is 2.74. The number of carboxylic acid groups (broad SMARTS) is 1. The SMILES string of the molecule is COCCNC(=O)C[C@H]1OC[C@H]2CNCC[C@H]21.O=C(O)C(F)(F)F. The van der Waals surface area contributed by atoms with Crippen LogP contribution in [0.4, 0.5) is 13.2 Å². The highest BCUT2D eigenvalue weighted by Crippen LogP contribution is 2.33. The van der Waals surface area contributed by atoms with Crippen LogP contribution in [0.2, 0.25) is 0 Å². The molecule has 2 fully saturated rings. The van der Waals surface area contributed by atoms with E-state index in [1.165, 1.54) is 0 Å². The second-order valence-electron chi connectivity index (χ2n) is 5.64. The minimum atomic E-state index is -5.08. The molecule has 140 valence electrons. The molecule has 3 atom stereocenters. The van der Waals surface area contributed by atoms with Crippen LogP contribution < -0.4 is 10.6 Å². The molecule has 0 aliphatic carbocycles. The molecule has 10 heteroatoms. The normalized spacial score (nSPS) is 26.1. The third-order valence-electron chi connectivity index (χ3n) is 3.93. The number of carbonyl (C=O) groups is 2. The maximum Gasteiger partial charge on any atom is 0.490 e. The molecular weight excluding hydrogens is 333 g/mol. The summed E-state index contributed by atoms with van der Waals surface area (Å²) in [7, 11) is 1.63. The first-order chi connectivity index (χ1) is 11.3. The Balaban J connectivity index is 0.000000351. The molecule has 0 saturated carbocycles. The van der Waals surface area contributed by atoms with E-state index in [2.05, 4.69) is 10.6 Å². The Kier molecular flexibility index (Phi) is 8.43. The van der Waals surface area contributed by atoms with E-state index in [0.717, 1.165) is 26.1 Å². The molecule has 2 saturated heterocycles. The molecule has 0 aromatic carbocycles.